The largest absolute Gasteiger partial charge is 0.324 e. The molecule has 6 heteroatoms. The molecule has 0 heterocycles. The lowest BCUT2D eigenvalue weighted by Crippen LogP contribution is -2.36. The van der Waals surface area contributed by atoms with Crippen molar-refractivity contribution in [1.29, 1.82) is 0 Å². The topological polar surface area (TPSA) is 29.1 Å². The third-order valence-electron chi connectivity index (χ3n) is 1.90. The summed E-state index contributed by atoms with van der Waals surface area (Å²) in [5.74, 6) is -0.371. The summed E-state index contributed by atoms with van der Waals surface area (Å²) in [7, 11) is 0. The average molecular weight is 301 g/mol. The lowest BCUT2D eigenvalue weighted by Gasteiger charge is -2.18. The van der Waals surface area contributed by atoms with Gasteiger partial charge in [-0.2, -0.15) is 0 Å². The van der Waals surface area contributed by atoms with Crippen molar-refractivity contribution in [1.82, 2.24) is 0 Å². The number of amides is 1. The minimum absolute atomic E-state index is 0.0156. The molecule has 0 aromatic heterocycles. The molecule has 88 valence electrons. The molecule has 0 spiro atoms. The molecule has 0 saturated carbocycles. The van der Waals surface area contributed by atoms with Gasteiger partial charge in [0.25, 0.3) is 0 Å². The molecule has 1 N–H and O–H groups in total. The van der Waals surface area contributed by atoms with Crippen LogP contribution in [0.3, 0.4) is 0 Å². The Morgan fingerprint density at radius 2 is 2.00 bits per heavy atom. The van der Waals surface area contributed by atoms with E-state index in [9.17, 15) is 4.79 Å². The van der Waals surface area contributed by atoms with Crippen LogP contribution < -0.4 is 5.32 Å². The van der Waals surface area contributed by atoms with E-state index in [2.05, 4.69) is 5.32 Å². The highest BCUT2D eigenvalue weighted by atomic mass is 35.5. The van der Waals surface area contributed by atoms with E-state index in [1.165, 1.54) is 6.92 Å². The first kappa shape index (κ1) is 13.9. The number of carbonyl (C=O) groups excluding carboxylic acids is 1. The molecule has 1 aromatic rings. The molecule has 0 bridgehead atoms. The van der Waals surface area contributed by atoms with Crippen molar-refractivity contribution in [3.8, 4) is 0 Å². The van der Waals surface area contributed by atoms with Crippen LogP contribution in [0.25, 0.3) is 0 Å². The zero-order valence-corrected chi connectivity index (χ0v) is 11.4. The first-order valence-electron chi connectivity index (χ1n) is 4.38. The Morgan fingerprint density at radius 1 is 1.38 bits per heavy atom. The van der Waals surface area contributed by atoms with Gasteiger partial charge in [-0.1, -0.05) is 23.2 Å². The van der Waals surface area contributed by atoms with Gasteiger partial charge in [-0.25, -0.2) is 0 Å². The number of nitrogens with one attached hydrogen (secondary N) is 1. The number of rotatable bonds is 3. The van der Waals surface area contributed by atoms with Crippen molar-refractivity contribution >= 4 is 58.0 Å². The minimum Gasteiger partial charge on any atom is -0.324 e. The van der Waals surface area contributed by atoms with Gasteiger partial charge in [0.05, 0.1) is 15.9 Å². The SMILES string of the molecule is C[C@@](Cl)(CCl)C(=O)Nc1ccc(Cl)c(Cl)c1. The zero-order valence-electron chi connectivity index (χ0n) is 8.36. The summed E-state index contributed by atoms with van der Waals surface area (Å²) < 4.78 is 0. The number of carbonyl (C=O) groups is 1. The molecule has 0 aliphatic carbocycles. The summed E-state index contributed by atoms with van der Waals surface area (Å²) in [6.45, 7) is 1.54. The molecule has 0 aliphatic heterocycles. The Labute approximate surface area is 114 Å². The van der Waals surface area contributed by atoms with Crippen LogP contribution in [0.5, 0.6) is 0 Å². The van der Waals surface area contributed by atoms with Crippen LogP contribution in [0.15, 0.2) is 18.2 Å². The van der Waals surface area contributed by atoms with E-state index in [0.717, 1.165) is 0 Å². The summed E-state index contributed by atoms with van der Waals surface area (Å²) in [6.07, 6.45) is 0. The number of hydrogen-bond donors (Lipinski definition) is 1. The lowest BCUT2D eigenvalue weighted by atomic mass is 10.2. The van der Waals surface area contributed by atoms with Crippen LogP contribution in [-0.4, -0.2) is 16.7 Å². The van der Waals surface area contributed by atoms with E-state index in [4.69, 9.17) is 46.4 Å². The maximum Gasteiger partial charge on any atom is 0.246 e. The molecule has 1 amide bonds. The van der Waals surface area contributed by atoms with Gasteiger partial charge in [0.2, 0.25) is 5.91 Å². The van der Waals surface area contributed by atoms with Crippen molar-refractivity contribution in [3.05, 3.63) is 28.2 Å². The Morgan fingerprint density at radius 3 is 2.50 bits per heavy atom. The van der Waals surface area contributed by atoms with Crippen LogP contribution >= 0.6 is 46.4 Å². The third kappa shape index (κ3) is 3.42. The van der Waals surface area contributed by atoms with Gasteiger partial charge in [0.15, 0.2) is 0 Å². The number of benzene rings is 1. The molecule has 1 aromatic carbocycles. The summed E-state index contributed by atoms with van der Waals surface area (Å²) in [6, 6.07) is 4.77. The predicted octanol–water partition coefficient (Wildman–Crippen LogP) is 4.17. The number of anilines is 1. The van der Waals surface area contributed by atoms with E-state index < -0.39 is 4.87 Å². The van der Waals surface area contributed by atoms with Crippen LogP contribution in [0, 0.1) is 0 Å². The fourth-order valence-electron chi connectivity index (χ4n) is 0.896. The highest BCUT2D eigenvalue weighted by Crippen LogP contribution is 2.26. The van der Waals surface area contributed by atoms with Gasteiger partial charge in [-0.3, -0.25) is 4.79 Å². The van der Waals surface area contributed by atoms with E-state index in [1.807, 2.05) is 0 Å². The maximum absolute atomic E-state index is 11.7. The molecule has 1 rings (SSSR count). The summed E-state index contributed by atoms with van der Waals surface area (Å²) in [5, 5.41) is 3.39. The first-order valence-corrected chi connectivity index (χ1v) is 6.05. The van der Waals surface area contributed by atoms with Crippen molar-refractivity contribution in [2.45, 2.75) is 11.8 Å². The molecular weight excluding hydrogens is 292 g/mol. The Kier molecular flexibility index (Phi) is 4.74. The van der Waals surface area contributed by atoms with Gasteiger partial charge < -0.3 is 5.32 Å². The lowest BCUT2D eigenvalue weighted by molar-refractivity contribution is -0.117. The maximum atomic E-state index is 11.7. The summed E-state index contributed by atoms with van der Waals surface area (Å²) in [5.41, 5.74) is 0.524. The predicted molar refractivity (Wildman–Crippen MR) is 70.1 cm³/mol. The monoisotopic (exact) mass is 299 g/mol. The van der Waals surface area contributed by atoms with Crippen molar-refractivity contribution < 1.29 is 4.79 Å². The molecule has 0 unspecified atom stereocenters. The second kappa shape index (κ2) is 5.46. The van der Waals surface area contributed by atoms with Crippen LogP contribution in [0.2, 0.25) is 10.0 Å². The van der Waals surface area contributed by atoms with Crippen molar-refractivity contribution in [2.24, 2.45) is 0 Å². The average Bonchev–Trinajstić information content (AvgIpc) is 2.23. The highest BCUT2D eigenvalue weighted by molar-refractivity contribution is 6.42. The van der Waals surface area contributed by atoms with Gasteiger partial charge in [-0.05, 0) is 25.1 Å². The molecule has 2 nitrogen and oxygen atoms in total. The number of alkyl halides is 2. The first-order chi connectivity index (χ1) is 7.36. The van der Waals surface area contributed by atoms with Crippen molar-refractivity contribution in [3.63, 3.8) is 0 Å². The molecule has 0 fully saturated rings. The van der Waals surface area contributed by atoms with Crippen LogP contribution in [-0.2, 0) is 4.79 Å². The van der Waals surface area contributed by atoms with E-state index in [-0.39, 0.29) is 11.8 Å². The zero-order chi connectivity index (χ0) is 12.3. The second-order valence-corrected chi connectivity index (χ2v) is 5.33. The third-order valence-corrected chi connectivity index (χ3v) is 3.62. The fourth-order valence-corrected chi connectivity index (χ4v) is 1.36. The van der Waals surface area contributed by atoms with E-state index >= 15 is 0 Å². The normalized spacial score (nSPS) is 14.3. The van der Waals surface area contributed by atoms with E-state index in [0.29, 0.717) is 15.7 Å². The van der Waals surface area contributed by atoms with Gasteiger partial charge >= 0.3 is 0 Å². The van der Waals surface area contributed by atoms with Gasteiger partial charge in [-0.15, -0.1) is 23.2 Å². The summed E-state index contributed by atoms with van der Waals surface area (Å²) in [4.78, 5) is 10.5. The number of hydrogen-bond acceptors (Lipinski definition) is 1. The molecule has 0 radical (unpaired) electrons. The quantitative estimate of drug-likeness (QED) is 0.834. The van der Waals surface area contributed by atoms with Crippen LogP contribution in [0.1, 0.15) is 6.92 Å². The van der Waals surface area contributed by atoms with E-state index in [1.54, 1.807) is 18.2 Å². The number of halogens is 4. The second-order valence-electron chi connectivity index (χ2n) is 3.41. The van der Waals surface area contributed by atoms with Gasteiger partial charge in [0.1, 0.15) is 4.87 Å². The molecule has 16 heavy (non-hydrogen) atoms. The smallest absolute Gasteiger partial charge is 0.246 e. The Bertz CT molecular complexity index is 406. The minimum atomic E-state index is -1.15. The molecule has 0 saturated heterocycles. The standard InChI is InChI=1S/C10H9Cl4NO/c1-10(14,5-11)9(16)15-6-2-3-7(12)8(13)4-6/h2-4H,5H2,1H3,(H,15,16)/t10-/m1/s1. The molecule has 0 aliphatic rings. The van der Waals surface area contributed by atoms with Gasteiger partial charge in [0, 0.05) is 5.69 Å². The molecule has 1 atom stereocenters. The Balaban J connectivity index is 2.82. The fraction of sp³-hybridized carbons (Fsp3) is 0.300. The summed E-state index contributed by atoms with van der Waals surface area (Å²) >= 11 is 23.0. The van der Waals surface area contributed by atoms with Crippen molar-refractivity contribution in [2.75, 3.05) is 11.2 Å². The molecular formula is C10H9Cl4NO. The highest BCUT2D eigenvalue weighted by Gasteiger charge is 2.29. The Hall–Kier alpha value is -0.150. The van der Waals surface area contributed by atoms with Crippen LogP contribution in [0.4, 0.5) is 5.69 Å².